The summed E-state index contributed by atoms with van der Waals surface area (Å²) in [5.41, 5.74) is 2.24. The van der Waals surface area contributed by atoms with E-state index in [9.17, 15) is 19.5 Å². The predicted octanol–water partition coefficient (Wildman–Crippen LogP) is 3.43. The molecule has 1 fully saturated rings. The number of amides is 3. The Hall–Kier alpha value is -3.50. The zero-order valence-electron chi connectivity index (χ0n) is 23.8. The van der Waals surface area contributed by atoms with Crippen molar-refractivity contribution in [3.05, 3.63) is 66.0 Å². The predicted molar refractivity (Wildman–Crippen MR) is 152 cm³/mol. The van der Waals surface area contributed by atoms with Gasteiger partial charge in [0.1, 0.15) is 5.69 Å². The smallest absolute Gasteiger partial charge is 0.409 e. The van der Waals surface area contributed by atoms with Gasteiger partial charge in [-0.15, -0.1) is 0 Å². The van der Waals surface area contributed by atoms with Crippen molar-refractivity contribution in [1.82, 2.24) is 26.1 Å². The number of benzene rings is 1. The Morgan fingerprint density at radius 1 is 1.07 bits per heavy atom. The summed E-state index contributed by atoms with van der Waals surface area (Å²) in [7, 11) is 1.17. The first-order valence-corrected chi connectivity index (χ1v) is 14.1. The van der Waals surface area contributed by atoms with Crippen molar-refractivity contribution in [2.45, 2.75) is 70.6 Å². The zero-order valence-corrected chi connectivity index (χ0v) is 23.8. The first kappa shape index (κ1) is 31.0. The molecular weight excluding hydrogens is 510 g/mol. The molecule has 0 saturated heterocycles. The highest BCUT2D eigenvalue weighted by Gasteiger charge is 2.42. The molecule has 0 bridgehead atoms. The number of hydrazine groups is 1. The third kappa shape index (κ3) is 9.31. The molecule has 1 aliphatic carbocycles. The van der Waals surface area contributed by atoms with Crippen LogP contribution in [0, 0.1) is 11.8 Å². The number of aliphatic hydroxyl groups is 1. The third-order valence-electron chi connectivity index (χ3n) is 7.42. The van der Waals surface area contributed by atoms with Crippen LogP contribution < -0.4 is 16.1 Å². The van der Waals surface area contributed by atoms with E-state index in [0.29, 0.717) is 37.5 Å². The van der Waals surface area contributed by atoms with E-state index in [2.05, 4.69) is 25.8 Å². The van der Waals surface area contributed by atoms with Gasteiger partial charge in [-0.3, -0.25) is 25.3 Å². The quantitative estimate of drug-likeness (QED) is 0.221. The van der Waals surface area contributed by atoms with Crippen LogP contribution in [-0.2, 0) is 16.0 Å². The monoisotopic (exact) mass is 553 g/mol. The molecule has 3 amide bonds. The molecule has 10 heteroatoms. The van der Waals surface area contributed by atoms with E-state index >= 15 is 0 Å². The van der Waals surface area contributed by atoms with Crippen LogP contribution >= 0.6 is 0 Å². The Kier molecular flexibility index (Phi) is 11.9. The summed E-state index contributed by atoms with van der Waals surface area (Å²) in [6.07, 6.45) is 7.56. The average molecular weight is 554 g/mol. The van der Waals surface area contributed by atoms with Crippen molar-refractivity contribution < 1.29 is 24.2 Å². The van der Waals surface area contributed by atoms with Crippen LogP contribution in [0.3, 0.4) is 0 Å². The summed E-state index contributed by atoms with van der Waals surface area (Å²) in [4.78, 5) is 42.7. The molecular formula is C30H43N5O5. The number of alkyl carbamates (subject to hydrolysis) is 1. The minimum atomic E-state index is -2.18. The Bertz CT molecular complexity index is 1080. The molecule has 4 N–H and O–H groups in total. The Balaban J connectivity index is 1.82. The molecule has 1 saturated carbocycles. The zero-order chi connectivity index (χ0) is 29.0. The molecule has 1 aromatic heterocycles. The molecule has 40 heavy (non-hydrogen) atoms. The summed E-state index contributed by atoms with van der Waals surface area (Å²) < 4.78 is 4.64. The Morgan fingerprint density at radius 3 is 2.40 bits per heavy atom. The fourth-order valence-corrected chi connectivity index (χ4v) is 4.97. The lowest BCUT2D eigenvalue weighted by atomic mass is 9.89. The molecule has 218 valence electrons. The number of ether oxygens (including phenoxy) is 1. The van der Waals surface area contributed by atoms with E-state index in [1.807, 2.05) is 35.3 Å². The van der Waals surface area contributed by atoms with Gasteiger partial charge in [-0.05, 0) is 49.3 Å². The van der Waals surface area contributed by atoms with Gasteiger partial charge in [-0.1, -0.05) is 69.5 Å². The number of methoxy groups -OCH3 is 1. The van der Waals surface area contributed by atoms with Crippen LogP contribution in [0.15, 0.2) is 54.7 Å². The van der Waals surface area contributed by atoms with Gasteiger partial charge in [-0.2, -0.15) is 0 Å². The summed E-state index contributed by atoms with van der Waals surface area (Å²) in [5.74, 6) is -1.28. The van der Waals surface area contributed by atoms with Crippen molar-refractivity contribution in [2.24, 2.45) is 11.8 Å². The maximum atomic E-state index is 13.4. The first-order valence-electron chi connectivity index (χ1n) is 14.1. The lowest BCUT2D eigenvalue weighted by molar-refractivity contribution is -0.149. The normalized spacial score (nSPS) is 16.1. The van der Waals surface area contributed by atoms with Gasteiger partial charge in [0, 0.05) is 31.2 Å². The second-order valence-electron chi connectivity index (χ2n) is 10.8. The standard InChI is InChI=1S/C30H43N5O5/c1-22(2)30(39,33-29(38)40-3)28(37)32-25(18-17-23-12-6-4-7-13-23)21-35(20-24-14-8-5-9-15-24)34-27(36)26-16-10-11-19-31-26/h4,6-7,10-13,16,19,22,24-25,39H,5,8-9,14-15,17-18,20-21H2,1-3H3,(H,32,37)(H,33,38)(H,34,36)/t25-,30+/m0/s1. The van der Waals surface area contributed by atoms with E-state index < -0.39 is 29.7 Å². The fourth-order valence-electron chi connectivity index (χ4n) is 4.97. The molecule has 1 aliphatic rings. The molecule has 2 atom stereocenters. The van der Waals surface area contributed by atoms with E-state index in [1.165, 1.54) is 13.5 Å². The number of hydrogen-bond acceptors (Lipinski definition) is 7. The van der Waals surface area contributed by atoms with Gasteiger partial charge in [0.15, 0.2) is 0 Å². The van der Waals surface area contributed by atoms with Crippen molar-refractivity contribution in [3.63, 3.8) is 0 Å². The van der Waals surface area contributed by atoms with Crippen molar-refractivity contribution in [2.75, 3.05) is 20.2 Å². The van der Waals surface area contributed by atoms with Crippen LogP contribution in [0.5, 0.6) is 0 Å². The third-order valence-corrected chi connectivity index (χ3v) is 7.42. The minimum absolute atomic E-state index is 0.303. The molecule has 1 heterocycles. The van der Waals surface area contributed by atoms with Gasteiger partial charge < -0.3 is 15.2 Å². The van der Waals surface area contributed by atoms with Crippen molar-refractivity contribution in [1.29, 1.82) is 0 Å². The van der Waals surface area contributed by atoms with E-state index in [1.54, 1.807) is 38.2 Å². The molecule has 10 nitrogen and oxygen atoms in total. The van der Waals surface area contributed by atoms with E-state index in [-0.39, 0.29) is 5.91 Å². The van der Waals surface area contributed by atoms with Crippen molar-refractivity contribution in [3.8, 4) is 0 Å². The highest BCUT2D eigenvalue weighted by molar-refractivity contribution is 5.91. The number of nitrogens with one attached hydrogen (secondary N) is 3. The summed E-state index contributed by atoms with van der Waals surface area (Å²) in [5, 5.41) is 18.3. The molecule has 3 rings (SSSR count). The maximum absolute atomic E-state index is 13.4. The number of rotatable bonds is 13. The average Bonchev–Trinajstić information content (AvgIpc) is 2.97. The van der Waals surface area contributed by atoms with Crippen LogP contribution in [0.2, 0.25) is 0 Å². The van der Waals surface area contributed by atoms with Crippen molar-refractivity contribution >= 4 is 17.9 Å². The van der Waals surface area contributed by atoms with Gasteiger partial charge >= 0.3 is 6.09 Å². The van der Waals surface area contributed by atoms with Crippen LogP contribution in [0.25, 0.3) is 0 Å². The van der Waals surface area contributed by atoms with Gasteiger partial charge in [0.2, 0.25) is 5.72 Å². The number of carbonyl (C=O) groups excluding carboxylic acids is 3. The van der Waals surface area contributed by atoms with Crippen LogP contribution in [-0.4, -0.2) is 65.0 Å². The highest BCUT2D eigenvalue weighted by atomic mass is 16.5. The maximum Gasteiger partial charge on any atom is 0.409 e. The van der Waals surface area contributed by atoms with Gasteiger partial charge in [0.05, 0.1) is 7.11 Å². The number of aromatic nitrogens is 1. The molecule has 1 aromatic carbocycles. The summed E-state index contributed by atoms with van der Waals surface area (Å²) in [6, 6.07) is 14.6. The Labute approximate surface area is 236 Å². The van der Waals surface area contributed by atoms with E-state index in [4.69, 9.17) is 0 Å². The van der Waals surface area contributed by atoms with Crippen LogP contribution in [0.1, 0.15) is 68.4 Å². The molecule has 2 aromatic rings. The van der Waals surface area contributed by atoms with Gasteiger partial charge in [-0.25, -0.2) is 9.80 Å². The summed E-state index contributed by atoms with van der Waals surface area (Å²) in [6.45, 7) is 4.21. The highest BCUT2D eigenvalue weighted by Crippen LogP contribution is 2.24. The number of aryl methyl sites for hydroxylation is 1. The van der Waals surface area contributed by atoms with Crippen LogP contribution in [0.4, 0.5) is 4.79 Å². The lowest BCUT2D eigenvalue weighted by Gasteiger charge is -2.35. The lowest BCUT2D eigenvalue weighted by Crippen LogP contribution is -2.64. The molecule has 0 unspecified atom stereocenters. The van der Waals surface area contributed by atoms with Gasteiger partial charge in [0.25, 0.3) is 11.8 Å². The SMILES string of the molecule is COC(=O)N[C@](O)(C(=O)N[C@@H](CCc1ccccc1)CN(CC1CCCCC1)NC(=O)c1ccccn1)C(C)C. The second-order valence-corrected chi connectivity index (χ2v) is 10.8. The second kappa shape index (κ2) is 15.3. The summed E-state index contributed by atoms with van der Waals surface area (Å²) >= 11 is 0. The molecule has 0 aliphatic heterocycles. The van der Waals surface area contributed by atoms with E-state index in [0.717, 1.165) is 31.2 Å². The fraction of sp³-hybridized carbons (Fsp3) is 0.533. The number of nitrogens with zero attached hydrogens (tertiary/aromatic N) is 2. The number of pyridine rings is 1. The molecule has 0 spiro atoms. The first-order chi connectivity index (χ1) is 19.2. The minimum Gasteiger partial charge on any atom is -0.453 e. The Morgan fingerprint density at radius 2 is 1.77 bits per heavy atom. The molecule has 0 radical (unpaired) electrons. The topological polar surface area (TPSA) is 133 Å². The largest absolute Gasteiger partial charge is 0.453 e. The number of carbonyl (C=O) groups is 3. The number of hydrogen-bond donors (Lipinski definition) is 4.